The molecule has 0 fully saturated rings. The Morgan fingerprint density at radius 1 is 1.00 bits per heavy atom. The average molecular weight is 417 g/mol. The lowest BCUT2D eigenvalue weighted by Gasteiger charge is -2.13. The Hall–Kier alpha value is -3.30. The number of hydrogen-bond acceptors (Lipinski definition) is 4. The van der Waals surface area contributed by atoms with Crippen LogP contribution < -0.4 is 5.56 Å². The number of aromatic nitrogens is 3. The molecule has 1 atom stereocenters. The summed E-state index contributed by atoms with van der Waals surface area (Å²) in [5.74, 6) is -0.699. The van der Waals surface area contributed by atoms with Crippen LogP contribution >= 0.6 is 15.9 Å². The van der Waals surface area contributed by atoms with Gasteiger partial charge in [0.2, 0.25) is 0 Å². The first-order valence-electron chi connectivity index (χ1n) is 8.27. The Kier molecular flexibility index (Phi) is 4.53. The molecule has 0 saturated carbocycles. The predicted molar refractivity (Wildman–Crippen MR) is 107 cm³/mol. The number of nitrogens with zero attached hydrogens (tertiary/aromatic N) is 4. The maximum atomic E-state index is 12.8. The van der Waals surface area contributed by atoms with Crippen LogP contribution in [0.3, 0.4) is 0 Å². The molecule has 0 aliphatic carbocycles. The van der Waals surface area contributed by atoms with Gasteiger partial charge in [-0.2, -0.15) is 15.0 Å². The third-order valence-electron chi connectivity index (χ3n) is 4.30. The summed E-state index contributed by atoms with van der Waals surface area (Å²) < 4.78 is 1.61. The van der Waals surface area contributed by atoms with E-state index in [0.29, 0.717) is 21.4 Å². The highest BCUT2D eigenvalue weighted by Crippen LogP contribution is 2.28. The quantitative estimate of drug-likeness (QED) is 0.501. The molecule has 5 nitrogen and oxygen atoms in total. The van der Waals surface area contributed by atoms with E-state index in [0.717, 1.165) is 10.9 Å². The minimum Gasteiger partial charge on any atom is -0.266 e. The van der Waals surface area contributed by atoms with Gasteiger partial charge in [-0.15, -0.1) is 0 Å². The SMILES string of the molecule is N#C[C@@H](c1ccc2ccccc2n1)c1cnn(-c2ccccc2)c(=O)c1Br. The van der Waals surface area contributed by atoms with Gasteiger partial charge in [0.25, 0.3) is 5.56 Å². The van der Waals surface area contributed by atoms with E-state index >= 15 is 0 Å². The number of para-hydroxylation sites is 2. The van der Waals surface area contributed by atoms with Gasteiger partial charge >= 0.3 is 0 Å². The van der Waals surface area contributed by atoms with E-state index in [4.69, 9.17) is 0 Å². The number of benzene rings is 2. The monoisotopic (exact) mass is 416 g/mol. The Labute approximate surface area is 163 Å². The first-order chi connectivity index (χ1) is 13.2. The fourth-order valence-corrected chi connectivity index (χ4v) is 3.44. The summed E-state index contributed by atoms with van der Waals surface area (Å²) in [7, 11) is 0. The van der Waals surface area contributed by atoms with Crippen molar-refractivity contribution in [2.24, 2.45) is 0 Å². The van der Waals surface area contributed by atoms with Crippen molar-refractivity contribution in [1.82, 2.24) is 14.8 Å². The fraction of sp³-hybridized carbons (Fsp3) is 0.0476. The van der Waals surface area contributed by atoms with Gasteiger partial charge in [0.05, 0.1) is 33.6 Å². The Morgan fingerprint density at radius 3 is 2.52 bits per heavy atom. The van der Waals surface area contributed by atoms with Crippen LogP contribution in [0.1, 0.15) is 17.2 Å². The molecule has 0 N–H and O–H groups in total. The van der Waals surface area contributed by atoms with Crippen molar-refractivity contribution in [3.05, 3.63) is 99.0 Å². The van der Waals surface area contributed by atoms with Crippen LogP contribution in [0, 0.1) is 11.3 Å². The number of pyridine rings is 1. The number of fused-ring (bicyclic) bond motifs is 1. The van der Waals surface area contributed by atoms with Crippen LogP contribution in [0.4, 0.5) is 0 Å². The van der Waals surface area contributed by atoms with Crippen LogP contribution in [-0.2, 0) is 0 Å². The van der Waals surface area contributed by atoms with Crippen molar-refractivity contribution in [2.75, 3.05) is 0 Å². The lowest BCUT2D eigenvalue weighted by Crippen LogP contribution is -2.24. The molecule has 6 heteroatoms. The molecule has 4 rings (SSSR count). The normalized spacial score (nSPS) is 11.9. The summed E-state index contributed by atoms with van der Waals surface area (Å²) in [6.07, 6.45) is 1.54. The van der Waals surface area contributed by atoms with Gasteiger partial charge in [-0.25, -0.2) is 0 Å². The van der Waals surface area contributed by atoms with Gasteiger partial charge in [-0.3, -0.25) is 9.78 Å². The third-order valence-corrected chi connectivity index (χ3v) is 5.10. The first kappa shape index (κ1) is 17.1. The molecule has 0 amide bonds. The highest BCUT2D eigenvalue weighted by Gasteiger charge is 2.22. The molecule has 0 aliphatic rings. The molecule has 2 aromatic carbocycles. The van der Waals surface area contributed by atoms with Crippen LogP contribution in [0.2, 0.25) is 0 Å². The van der Waals surface area contributed by atoms with E-state index in [9.17, 15) is 10.1 Å². The summed E-state index contributed by atoms with van der Waals surface area (Å²) >= 11 is 3.36. The molecule has 0 radical (unpaired) electrons. The van der Waals surface area contributed by atoms with Crippen LogP contribution in [-0.4, -0.2) is 14.8 Å². The lowest BCUT2D eigenvalue weighted by molar-refractivity contribution is 0.778. The van der Waals surface area contributed by atoms with E-state index in [1.807, 2.05) is 54.6 Å². The Bertz CT molecular complexity index is 1230. The Morgan fingerprint density at radius 2 is 1.74 bits per heavy atom. The molecule has 0 unspecified atom stereocenters. The molecule has 2 aromatic heterocycles. The lowest BCUT2D eigenvalue weighted by atomic mass is 9.98. The number of rotatable bonds is 3. The molecule has 27 heavy (non-hydrogen) atoms. The third kappa shape index (κ3) is 3.14. The van der Waals surface area contributed by atoms with E-state index in [2.05, 4.69) is 32.1 Å². The maximum absolute atomic E-state index is 12.8. The van der Waals surface area contributed by atoms with Crippen molar-refractivity contribution in [3.8, 4) is 11.8 Å². The van der Waals surface area contributed by atoms with Crippen molar-refractivity contribution in [1.29, 1.82) is 5.26 Å². The second-order valence-electron chi connectivity index (χ2n) is 5.96. The van der Waals surface area contributed by atoms with Crippen molar-refractivity contribution >= 4 is 26.8 Å². The number of halogens is 1. The summed E-state index contributed by atoms with van der Waals surface area (Å²) in [5.41, 5.74) is 2.22. The zero-order valence-electron chi connectivity index (χ0n) is 14.1. The molecule has 4 aromatic rings. The second kappa shape index (κ2) is 7.14. The topological polar surface area (TPSA) is 71.6 Å². The fourth-order valence-electron chi connectivity index (χ4n) is 2.94. The van der Waals surface area contributed by atoms with Gasteiger partial charge in [-0.05, 0) is 40.2 Å². The largest absolute Gasteiger partial charge is 0.286 e. The van der Waals surface area contributed by atoms with E-state index < -0.39 is 5.92 Å². The zero-order valence-corrected chi connectivity index (χ0v) is 15.7. The molecule has 0 saturated heterocycles. The van der Waals surface area contributed by atoms with E-state index in [1.54, 1.807) is 18.3 Å². The number of nitriles is 1. The van der Waals surface area contributed by atoms with Crippen molar-refractivity contribution in [3.63, 3.8) is 0 Å². The second-order valence-corrected chi connectivity index (χ2v) is 6.75. The standard InChI is InChI=1S/C21H13BrN4O/c22-20-17(13-24-26(21(20)27)15-7-2-1-3-8-15)16(12-23)19-11-10-14-6-4-5-9-18(14)25-19/h1-11,13,16H/t16-/m1/s1. The van der Waals surface area contributed by atoms with Gasteiger partial charge in [0.1, 0.15) is 5.92 Å². The molecule has 2 heterocycles. The summed E-state index contributed by atoms with van der Waals surface area (Å²) in [4.78, 5) is 17.4. The number of hydrogen-bond donors (Lipinski definition) is 0. The Balaban J connectivity index is 1.82. The van der Waals surface area contributed by atoms with Crippen LogP contribution in [0.5, 0.6) is 0 Å². The van der Waals surface area contributed by atoms with Gasteiger partial charge in [-0.1, -0.05) is 42.5 Å². The smallest absolute Gasteiger partial charge is 0.266 e. The summed E-state index contributed by atoms with van der Waals surface area (Å²) in [6.45, 7) is 0. The molecular formula is C21H13BrN4O. The molecule has 130 valence electrons. The van der Waals surface area contributed by atoms with Crippen molar-refractivity contribution < 1.29 is 0 Å². The van der Waals surface area contributed by atoms with Crippen molar-refractivity contribution in [2.45, 2.75) is 5.92 Å². The maximum Gasteiger partial charge on any atom is 0.286 e. The molecule has 0 bridgehead atoms. The molecule has 0 spiro atoms. The minimum atomic E-state index is -0.699. The zero-order chi connectivity index (χ0) is 18.8. The summed E-state index contributed by atoms with van der Waals surface area (Å²) in [6, 6.07) is 22.8. The van der Waals surface area contributed by atoms with Gasteiger partial charge in [0, 0.05) is 10.9 Å². The van der Waals surface area contributed by atoms with Gasteiger partial charge < -0.3 is 0 Å². The first-order valence-corrected chi connectivity index (χ1v) is 9.07. The highest BCUT2D eigenvalue weighted by molar-refractivity contribution is 9.10. The predicted octanol–water partition coefficient (Wildman–Crippen LogP) is 4.20. The van der Waals surface area contributed by atoms with Gasteiger partial charge in [0.15, 0.2) is 0 Å². The average Bonchev–Trinajstić information content (AvgIpc) is 2.72. The highest BCUT2D eigenvalue weighted by atomic mass is 79.9. The van der Waals surface area contributed by atoms with Crippen LogP contribution in [0.15, 0.2) is 82.2 Å². The van der Waals surface area contributed by atoms with E-state index in [-0.39, 0.29) is 5.56 Å². The summed E-state index contributed by atoms with van der Waals surface area (Å²) in [5, 5.41) is 15.0. The van der Waals surface area contributed by atoms with E-state index in [1.165, 1.54) is 4.68 Å². The molecular weight excluding hydrogens is 404 g/mol. The molecule has 0 aliphatic heterocycles. The van der Waals surface area contributed by atoms with Crippen LogP contribution in [0.25, 0.3) is 16.6 Å². The minimum absolute atomic E-state index is 0.308.